The second-order valence-electron chi connectivity index (χ2n) is 10.3. The second-order valence-corrected chi connectivity index (χ2v) is 10.3. The predicted octanol–water partition coefficient (Wildman–Crippen LogP) is 5.19. The highest BCUT2D eigenvalue weighted by Gasteiger charge is 2.38. The molecule has 0 amide bonds. The third kappa shape index (κ3) is 4.23. The van der Waals surface area contributed by atoms with Crippen LogP contribution in [-0.2, 0) is 6.54 Å². The summed E-state index contributed by atoms with van der Waals surface area (Å²) < 4.78 is 38.3. The monoisotopic (exact) mass is 552 g/mol. The summed E-state index contributed by atoms with van der Waals surface area (Å²) in [5.74, 6) is -0.703. The zero-order valence-corrected chi connectivity index (χ0v) is 21.6. The van der Waals surface area contributed by atoms with Gasteiger partial charge in [0.1, 0.15) is 11.0 Å². The maximum Gasteiger partial charge on any atom is 0.261 e. The number of imidazole rings is 1. The number of nitrogens with zero attached hydrogens (tertiary/aromatic N) is 6. The van der Waals surface area contributed by atoms with Crippen molar-refractivity contribution >= 4 is 22.2 Å². The van der Waals surface area contributed by atoms with Gasteiger partial charge in [-0.3, -0.25) is 15.0 Å². The molecule has 1 fully saturated rings. The molecule has 7 heterocycles. The highest BCUT2D eigenvalue weighted by atomic mass is 19.3. The third-order valence-corrected chi connectivity index (χ3v) is 7.45. The number of ether oxygens (including phenoxy) is 2. The van der Waals surface area contributed by atoms with Gasteiger partial charge in [-0.1, -0.05) is 6.07 Å². The first-order chi connectivity index (χ1) is 20.0. The highest BCUT2D eigenvalue weighted by molar-refractivity contribution is 5.95. The van der Waals surface area contributed by atoms with E-state index in [1.54, 1.807) is 23.5 Å². The van der Waals surface area contributed by atoms with Crippen LogP contribution in [0.15, 0.2) is 61.1 Å². The van der Waals surface area contributed by atoms with E-state index in [-0.39, 0.29) is 19.8 Å². The molecule has 0 atom stereocenters. The number of halogens is 2. The Labute approximate surface area is 231 Å². The minimum absolute atomic E-state index is 0.114. The molecule has 0 aliphatic carbocycles. The van der Waals surface area contributed by atoms with E-state index < -0.39 is 5.92 Å². The fraction of sp³-hybridized carbons (Fsp3) is 0.207. The van der Waals surface area contributed by atoms with Gasteiger partial charge in [0, 0.05) is 49.2 Å². The number of likely N-dealkylation sites (tertiary alicyclic amines) is 1. The number of hydrogen-bond donors (Lipinski definition) is 2. The van der Waals surface area contributed by atoms with Gasteiger partial charge in [-0.15, -0.1) is 0 Å². The molecule has 1 aromatic carbocycles. The van der Waals surface area contributed by atoms with E-state index in [1.165, 1.54) is 0 Å². The highest BCUT2D eigenvalue weighted by Crippen LogP contribution is 2.38. The summed E-state index contributed by atoms with van der Waals surface area (Å²) in [7, 11) is 0. The molecule has 0 radical (unpaired) electrons. The van der Waals surface area contributed by atoms with E-state index in [1.807, 2.05) is 42.5 Å². The number of fused-ring (bicyclic) bond motifs is 3. The predicted molar refractivity (Wildman–Crippen MR) is 146 cm³/mol. The average Bonchev–Trinajstić information content (AvgIpc) is 3.77. The van der Waals surface area contributed by atoms with Crippen LogP contribution in [-0.4, -0.2) is 65.8 Å². The van der Waals surface area contributed by atoms with E-state index in [4.69, 9.17) is 19.4 Å². The van der Waals surface area contributed by atoms with Gasteiger partial charge in [-0.05, 0) is 47.5 Å². The van der Waals surface area contributed by atoms with Gasteiger partial charge >= 0.3 is 0 Å². The topological polar surface area (TPSA) is 118 Å². The van der Waals surface area contributed by atoms with Crippen LogP contribution < -0.4 is 9.47 Å². The molecule has 8 rings (SSSR count). The third-order valence-electron chi connectivity index (χ3n) is 7.45. The Morgan fingerprint density at radius 1 is 0.951 bits per heavy atom. The molecule has 204 valence electrons. The van der Waals surface area contributed by atoms with Crippen LogP contribution in [0.25, 0.3) is 56.1 Å². The largest absolute Gasteiger partial charge is 0.454 e. The fourth-order valence-electron chi connectivity index (χ4n) is 5.46. The number of pyridine rings is 3. The minimum atomic E-state index is -2.63. The Kier molecular flexibility index (Phi) is 5.26. The molecule has 2 aliphatic heterocycles. The Morgan fingerprint density at radius 3 is 2.78 bits per heavy atom. The summed E-state index contributed by atoms with van der Waals surface area (Å²) in [6.45, 7) is 0.745. The van der Waals surface area contributed by atoms with Crippen LogP contribution in [0.4, 0.5) is 8.78 Å². The van der Waals surface area contributed by atoms with Crippen LogP contribution >= 0.6 is 0 Å². The summed E-state index contributed by atoms with van der Waals surface area (Å²) in [4.78, 5) is 23.6. The van der Waals surface area contributed by atoms with Crippen LogP contribution in [0.5, 0.6) is 11.5 Å². The number of aromatic nitrogens is 7. The van der Waals surface area contributed by atoms with Crippen molar-refractivity contribution in [3.63, 3.8) is 0 Å². The smallest absolute Gasteiger partial charge is 0.261 e. The summed E-state index contributed by atoms with van der Waals surface area (Å²) >= 11 is 0. The Balaban J connectivity index is 1.14. The van der Waals surface area contributed by atoms with Crippen molar-refractivity contribution < 1.29 is 18.3 Å². The summed E-state index contributed by atoms with van der Waals surface area (Å²) in [5.41, 5.74) is 7.40. The molecule has 5 aromatic heterocycles. The number of H-pyrrole nitrogens is 2. The van der Waals surface area contributed by atoms with Gasteiger partial charge in [0.25, 0.3) is 5.92 Å². The maximum atomic E-state index is 13.7. The molecule has 12 heteroatoms. The lowest BCUT2D eigenvalue weighted by Gasteiger charge is -2.15. The Hall–Kier alpha value is -4.97. The second kappa shape index (κ2) is 9.03. The van der Waals surface area contributed by atoms with Crippen molar-refractivity contribution in [2.24, 2.45) is 0 Å². The van der Waals surface area contributed by atoms with E-state index in [0.717, 1.165) is 27.8 Å². The zero-order chi connectivity index (χ0) is 27.6. The van der Waals surface area contributed by atoms with E-state index >= 15 is 0 Å². The molecule has 0 spiro atoms. The lowest BCUT2D eigenvalue weighted by molar-refractivity contribution is 0.0115. The van der Waals surface area contributed by atoms with Crippen molar-refractivity contribution in [2.45, 2.75) is 18.9 Å². The molecule has 41 heavy (non-hydrogen) atoms. The van der Waals surface area contributed by atoms with Crippen molar-refractivity contribution in [1.82, 2.24) is 40.0 Å². The molecule has 2 N–H and O–H groups in total. The maximum absolute atomic E-state index is 13.7. The van der Waals surface area contributed by atoms with Gasteiger partial charge in [0.2, 0.25) is 6.79 Å². The molecule has 0 bridgehead atoms. The zero-order valence-electron chi connectivity index (χ0n) is 21.6. The van der Waals surface area contributed by atoms with Crippen molar-refractivity contribution in [2.75, 3.05) is 19.9 Å². The number of benzene rings is 1. The van der Waals surface area contributed by atoms with Crippen molar-refractivity contribution in [1.29, 1.82) is 0 Å². The standard InChI is InChI=1S/C29H22F2N8O2/c30-29(31)6-8-39(14-29)13-16-9-18(12-32-11-16)20-2-3-21-25(34-20)26(38-37-21)28-35-24-19(5-7-33-27(24)36-28)17-1-4-22-23(10-17)41-15-40-22/h1-5,7,9-12H,6,8,13-15H2,(H,37,38)(H,33,35,36). The van der Waals surface area contributed by atoms with E-state index in [2.05, 4.69) is 25.1 Å². The number of nitrogens with one attached hydrogen (secondary N) is 2. The molecule has 2 aliphatic rings. The number of alkyl halides is 2. The molecule has 0 unspecified atom stereocenters. The summed E-state index contributed by atoms with van der Waals surface area (Å²) in [6.07, 6.45) is 5.04. The van der Waals surface area contributed by atoms with Gasteiger partial charge < -0.3 is 14.5 Å². The van der Waals surface area contributed by atoms with Crippen LogP contribution in [0.1, 0.15) is 12.0 Å². The van der Waals surface area contributed by atoms with Crippen LogP contribution in [0.2, 0.25) is 0 Å². The lowest BCUT2D eigenvalue weighted by atomic mass is 10.1. The lowest BCUT2D eigenvalue weighted by Crippen LogP contribution is -2.24. The van der Waals surface area contributed by atoms with Crippen LogP contribution in [0, 0.1) is 0 Å². The molecule has 1 saturated heterocycles. The van der Waals surface area contributed by atoms with Gasteiger partial charge in [0.15, 0.2) is 28.7 Å². The van der Waals surface area contributed by atoms with Crippen molar-refractivity contribution in [3.8, 4) is 45.4 Å². The molecule has 0 saturated carbocycles. The van der Waals surface area contributed by atoms with Gasteiger partial charge in [-0.2, -0.15) is 5.10 Å². The van der Waals surface area contributed by atoms with Crippen LogP contribution in [0.3, 0.4) is 0 Å². The molecule has 10 nitrogen and oxygen atoms in total. The fourth-order valence-corrected chi connectivity index (χ4v) is 5.46. The first kappa shape index (κ1) is 23.9. The average molecular weight is 553 g/mol. The Morgan fingerprint density at radius 2 is 1.88 bits per heavy atom. The summed E-state index contributed by atoms with van der Waals surface area (Å²) in [5, 5.41) is 7.54. The number of aromatic amines is 2. The first-order valence-electron chi connectivity index (χ1n) is 13.1. The molecular formula is C29H22F2N8O2. The molecular weight excluding hydrogens is 530 g/mol. The van der Waals surface area contributed by atoms with Crippen molar-refractivity contribution in [3.05, 3.63) is 66.6 Å². The van der Waals surface area contributed by atoms with E-state index in [0.29, 0.717) is 58.5 Å². The number of rotatable bonds is 5. The first-order valence-corrected chi connectivity index (χ1v) is 13.1. The van der Waals surface area contributed by atoms with Gasteiger partial charge in [0.05, 0.1) is 17.8 Å². The van der Waals surface area contributed by atoms with Gasteiger partial charge in [-0.25, -0.2) is 23.7 Å². The SMILES string of the molecule is FC1(F)CCN(Cc2cncc(-c3ccc4[nH]nc(-c5nc6c(-c7ccc8c(c7)OCO8)ccnc6[nH]5)c4n3)c2)C1. The molecule has 6 aromatic rings. The number of hydrogen-bond acceptors (Lipinski definition) is 8. The Bertz CT molecular complexity index is 1950. The normalized spacial score (nSPS) is 16.2. The minimum Gasteiger partial charge on any atom is -0.454 e. The van der Waals surface area contributed by atoms with E-state index in [9.17, 15) is 8.78 Å². The summed E-state index contributed by atoms with van der Waals surface area (Å²) in [6, 6.07) is 13.4. The quantitative estimate of drug-likeness (QED) is 0.300.